The van der Waals surface area contributed by atoms with E-state index in [2.05, 4.69) is 15.7 Å². The van der Waals surface area contributed by atoms with Crippen molar-refractivity contribution in [3.8, 4) is 0 Å². The predicted molar refractivity (Wildman–Crippen MR) is 88.8 cm³/mol. The molecule has 1 heterocycles. The van der Waals surface area contributed by atoms with Crippen molar-refractivity contribution < 1.29 is 8.42 Å². The van der Waals surface area contributed by atoms with Gasteiger partial charge in [0.1, 0.15) is 0 Å². The Bertz CT molecular complexity index is 781. The van der Waals surface area contributed by atoms with Crippen LogP contribution in [0.5, 0.6) is 0 Å². The Morgan fingerprint density at radius 3 is 2.50 bits per heavy atom. The lowest BCUT2D eigenvalue weighted by atomic mass is 10.2. The molecule has 2 aromatic rings. The number of hydrogen-bond donors (Lipinski definition) is 3. The van der Waals surface area contributed by atoms with E-state index < -0.39 is 10.0 Å². The predicted octanol–water partition coefficient (Wildman–Crippen LogP) is 0.863. The Kier molecular flexibility index (Phi) is 4.79. The molecule has 22 heavy (non-hydrogen) atoms. The summed E-state index contributed by atoms with van der Waals surface area (Å²) in [4.78, 5) is 0.0583. The van der Waals surface area contributed by atoms with Gasteiger partial charge in [0.15, 0.2) is 5.11 Å². The number of sulfonamides is 1. The minimum Gasteiger partial charge on any atom is -0.358 e. The van der Waals surface area contributed by atoms with Gasteiger partial charge in [-0.15, -0.1) is 0 Å². The molecule has 0 saturated heterocycles. The number of nitrogens with two attached hydrogens (primary N) is 1. The first-order valence-electron chi connectivity index (χ1n) is 6.42. The number of rotatable bonds is 4. The zero-order valence-corrected chi connectivity index (χ0v) is 13.8. The zero-order chi connectivity index (χ0) is 16.3. The number of hydrogen-bond acceptors (Lipinski definition) is 4. The lowest BCUT2D eigenvalue weighted by Gasteiger charge is -2.10. The molecule has 7 nitrogen and oxygen atoms in total. The SMILES string of the molecule is Cc1c(CNC(=S)Nc2ccc(S(N)(=O)=O)cc2)cnn1C. The summed E-state index contributed by atoms with van der Waals surface area (Å²) in [6.07, 6.45) is 1.78. The van der Waals surface area contributed by atoms with E-state index in [0.717, 1.165) is 11.3 Å². The molecule has 0 atom stereocenters. The number of thiocarbonyl (C=S) groups is 1. The van der Waals surface area contributed by atoms with Gasteiger partial charge in [-0.2, -0.15) is 5.10 Å². The van der Waals surface area contributed by atoms with Gasteiger partial charge in [-0.3, -0.25) is 4.68 Å². The van der Waals surface area contributed by atoms with E-state index in [4.69, 9.17) is 17.4 Å². The topological polar surface area (TPSA) is 102 Å². The molecule has 0 radical (unpaired) electrons. The van der Waals surface area contributed by atoms with Crippen molar-refractivity contribution in [2.24, 2.45) is 12.2 Å². The maximum absolute atomic E-state index is 11.2. The summed E-state index contributed by atoms with van der Waals surface area (Å²) in [5.74, 6) is 0. The lowest BCUT2D eigenvalue weighted by molar-refractivity contribution is 0.598. The summed E-state index contributed by atoms with van der Waals surface area (Å²) in [7, 11) is -1.80. The summed E-state index contributed by atoms with van der Waals surface area (Å²) in [5, 5.41) is 15.7. The number of nitrogens with zero attached hydrogens (tertiary/aromatic N) is 2. The molecule has 0 aliphatic rings. The van der Waals surface area contributed by atoms with E-state index in [1.54, 1.807) is 23.0 Å². The molecular formula is C13H17N5O2S2. The van der Waals surface area contributed by atoms with Crippen LogP contribution in [0.25, 0.3) is 0 Å². The van der Waals surface area contributed by atoms with Crippen LogP contribution in [0.3, 0.4) is 0 Å². The van der Waals surface area contributed by atoms with E-state index in [1.807, 2.05) is 14.0 Å². The fraction of sp³-hybridized carbons (Fsp3) is 0.231. The van der Waals surface area contributed by atoms with Crippen LogP contribution in [0.4, 0.5) is 5.69 Å². The number of nitrogens with one attached hydrogen (secondary N) is 2. The van der Waals surface area contributed by atoms with Crippen molar-refractivity contribution in [1.82, 2.24) is 15.1 Å². The van der Waals surface area contributed by atoms with Crippen molar-refractivity contribution in [2.45, 2.75) is 18.4 Å². The van der Waals surface area contributed by atoms with Crippen LogP contribution in [0.2, 0.25) is 0 Å². The third-order valence-electron chi connectivity index (χ3n) is 3.22. The summed E-state index contributed by atoms with van der Waals surface area (Å²) < 4.78 is 24.1. The van der Waals surface area contributed by atoms with E-state index in [0.29, 0.717) is 17.3 Å². The second-order valence-electron chi connectivity index (χ2n) is 4.76. The first-order chi connectivity index (χ1) is 10.3. The molecule has 0 spiro atoms. The highest BCUT2D eigenvalue weighted by molar-refractivity contribution is 7.89. The van der Waals surface area contributed by atoms with Gasteiger partial charge >= 0.3 is 0 Å². The fourth-order valence-electron chi connectivity index (χ4n) is 1.80. The monoisotopic (exact) mass is 339 g/mol. The lowest BCUT2D eigenvalue weighted by Crippen LogP contribution is -2.28. The van der Waals surface area contributed by atoms with Crippen LogP contribution in [0, 0.1) is 6.92 Å². The highest BCUT2D eigenvalue weighted by atomic mass is 32.2. The smallest absolute Gasteiger partial charge is 0.238 e. The Hall–Kier alpha value is -1.97. The van der Waals surface area contributed by atoms with Crippen LogP contribution in [-0.2, 0) is 23.6 Å². The maximum Gasteiger partial charge on any atom is 0.238 e. The van der Waals surface area contributed by atoms with Gasteiger partial charge in [0, 0.05) is 30.5 Å². The molecule has 118 valence electrons. The van der Waals surface area contributed by atoms with E-state index in [9.17, 15) is 8.42 Å². The molecule has 0 aliphatic heterocycles. The Morgan fingerprint density at radius 2 is 2.00 bits per heavy atom. The third-order valence-corrected chi connectivity index (χ3v) is 4.39. The quantitative estimate of drug-likeness (QED) is 0.714. The standard InChI is InChI=1S/C13H17N5O2S2/c1-9-10(8-16-18(9)2)7-15-13(21)17-11-3-5-12(6-4-11)22(14,19)20/h3-6,8H,7H2,1-2H3,(H2,14,19,20)(H2,15,17,21). The molecule has 0 bridgehead atoms. The summed E-state index contributed by atoms with van der Waals surface area (Å²) in [5.41, 5.74) is 2.79. The summed E-state index contributed by atoms with van der Waals surface area (Å²) in [6, 6.07) is 6.04. The van der Waals surface area contributed by atoms with Gasteiger partial charge in [-0.25, -0.2) is 13.6 Å². The van der Waals surface area contributed by atoms with Crippen LogP contribution in [0.1, 0.15) is 11.3 Å². The normalized spacial score (nSPS) is 11.2. The summed E-state index contributed by atoms with van der Waals surface area (Å²) in [6.45, 7) is 2.53. The molecule has 0 unspecified atom stereocenters. The highest BCUT2D eigenvalue weighted by Gasteiger charge is 2.08. The Balaban J connectivity index is 1.93. The second kappa shape index (κ2) is 6.42. The zero-order valence-electron chi connectivity index (χ0n) is 12.2. The fourth-order valence-corrected chi connectivity index (χ4v) is 2.50. The first kappa shape index (κ1) is 16.4. The number of anilines is 1. The average molecular weight is 339 g/mol. The van der Waals surface area contributed by atoms with Crippen LogP contribution < -0.4 is 15.8 Å². The number of aryl methyl sites for hydroxylation is 1. The number of primary sulfonamides is 1. The van der Waals surface area contributed by atoms with Gasteiger partial charge in [0.25, 0.3) is 0 Å². The molecule has 9 heteroatoms. The number of benzene rings is 1. The van der Waals surface area contributed by atoms with Crippen molar-refractivity contribution in [1.29, 1.82) is 0 Å². The van der Waals surface area contributed by atoms with E-state index in [1.165, 1.54) is 12.1 Å². The molecule has 1 aromatic carbocycles. The van der Waals surface area contributed by atoms with Gasteiger partial charge in [-0.1, -0.05) is 0 Å². The minimum absolute atomic E-state index is 0.0583. The Morgan fingerprint density at radius 1 is 1.36 bits per heavy atom. The van der Waals surface area contributed by atoms with Gasteiger partial charge in [-0.05, 0) is 43.4 Å². The van der Waals surface area contributed by atoms with E-state index >= 15 is 0 Å². The molecule has 1 aromatic heterocycles. The van der Waals surface area contributed by atoms with Crippen LogP contribution >= 0.6 is 12.2 Å². The van der Waals surface area contributed by atoms with Crippen molar-refractivity contribution in [3.05, 3.63) is 41.7 Å². The van der Waals surface area contributed by atoms with E-state index in [-0.39, 0.29) is 4.90 Å². The van der Waals surface area contributed by atoms with Gasteiger partial charge in [0.2, 0.25) is 10.0 Å². The Labute approximate surface area is 134 Å². The van der Waals surface area contributed by atoms with Gasteiger partial charge in [0.05, 0.1) is 11.1 Å². The minimum atomic E-state index is -3.68. The molecule has 2 rings (SSSR count). The molecule has 0 aliphatic carbocycles. The molecule has 0 saturated carbocycles. The summed E-state index contributed by atoms with van der Waals surface area (Å²) >= 11 is 5.20. The molecule has 0 amide bonds. The van der Waals surface area contributed by atoms with Crippen molar-refractivity contribution in [2.75, 3.05) is 5.32 Å². The van der Waals surface area contributed by atoms with Crippen LogP contribution in [0.15, 0.2) is 35.4 Å². The largest absolute Gasteiger partial charge is 0.358 e. The number of aromatic nitrogens is 2. The second-order valence-corrected chi connectivity index (χ2v) is 6.73. The average Bonchev–Trinajstić information content (AvgIpc) is 2.76. The third kappa shape index (κ3) is 4.03. The molecular weight excluding hydrogens is 322 g/mol. The molecule has 0 fully saturated rings. The maximum atomic E-state index is 11.2. The first-order valence-corrected chi connectivity index (χ1v) is 8.38. The van der Waals surface area contributed by atoms with Crippen molar-refractivity contribution >= 4 is 33.0 Å². The van der Waals surface area contributed by atoms with Crippen molar-refractivity contribution in [3.63, 3.8) is 0 Å². The highest BCUT2D eigenvalue weighted by Crippen LogP contribution is 2.12. The molecule has 4 N–H and O–H groups in total. The van der Waals surface area contributed by atoms with Crippen LogP contribution in [-0.4, -0.2) is 23.3 Å². The van der Waals surface area contributed by atoms with Gasteiger partial charge < -0.3 is 10.6 Å².